The lowest BCUT2D eigenvalue weighted by atomic mass is 9.92. The molecule has 1 aliphatic heterocycles. The summed E-state index contributed by atoms with van der Waals surface area (Å²) in [6.07, 6.45) is 5.10. The van der Waals surface area contributed by atoms with Gasteiger partial charge in [0, 0.05) is 5.02 Å². The van der Waals surface area contributed by atoms with Crippen molar-refractivity contribution in [2.75, 3.05) is 0 Å². The molecule has 0 fully saturated rings. The number of hydrogen-bond acceptors (Lipinski definition) is 4. The summed E-state index contributed by atoms with van der Waals surface area (Å²) < 4.78 is 6.20. The molecule has 0 saturated carbocycles. The number of hydrogen-bond donors (Lipinski definition) is 1. The van der Waals surface area contributed by atoms with Crippen LogP contribution in [0.3, 0.4) is 0 Å². The van der Waals surface area contributed by atoms with Gasteiger partial charge in [-0.3, -0.25) is 0 Å². The molecule has 3 aromatic rings. The summed E-state index contributed by atoms with van der Waals surface area (Å²) >= 11 is 6.28. The van der Waals surface area contributed by atoms with Crippen LogP contribution in [0.5, 0.6) is 5.75 Å². The van der Waals surface area contributed by atoms with E-state index in [0.29, 0.717) is 16.5 Å². The lowest BCUT2D eigenvalue weighted by molar-refractivity contribution is 0.0854. The summed E-state index contributed by atoms with van der Waals surface area (Å²) in [5.74, 6) is 1.56. The molecular formula is C16H15ClN4O. The smallest absolute Gasteiger partial charge is 0.181 e. The summed E-state index contributed by atoms with van der Waals surface area (Å²) in [7, 11) is 0. The van der Waals surface area contributed by atoms with Crippen LogP contribution >= 0.6 is 11.6 Å². The Balaban J connectivity index is 1.92. The number of fused-ring (bicyclic) bond motifs is 2. The van der Waals surface area contributed by atoms with E-state index in [1.165, 1.54) is 6.33 Å². The van der Waals surface area contributed by atoms with E-state index >= 15 is 0 Å². The van der Waals surface area contributed by atoms with Crippen molar-refractivity contribution in [2.45, 2.75) is 32.3 Å². The maximum atomic E-state index is 6.28. The number of ether oxygens (including phenoxy) is 1. The molecule has 112 valence electrons. The average Bonchev–Trinajstić information content (AvgIpc) is 2.90. The second-order valence-electron chi connectivity index (χ2n) is 6.15. The predicted molar refractivity (Wildman–Crippen MR) is 85.2 cm³/mol. The first kappa shape index (κ1) is 13.5. The van der Waals surface area contributed by atoms with Crippen LogP contribution < -0.4 is 4.74 Å². The van der Waals surface area contributed by atoms with E-state index in [2.05, 4.69) is 33.8 Å². The minimum atomic E-state index is -0.193. The first-order valence-electron chi connectivity index (χ1n) is 7.19. The fraction of sp³-hybridized carbons (Fsp3) is 0.312. The minimum absolute atomic E-state index is 0.193. The molecule has 1 N–H and O–H groups in total. The number of aromatic nitrogens is 4. The lowest BCUT2D eigenvalue weighted by Gasteiger charge is -2.33. The number of rotatable bonds is 1. The Labute approximate surface area is 132 Å². The molecule has 22 heavy (non-hydrogen) atoms. The van der Waals surface area contributed by atoms with Gasteiger partial charge in [-0.25, -0.2) is 15.0 Å². The Kier molecular flexibility index (Phi) is 2.87. The molecule has 0 spiro atoms. The van der Waals surface area contributed by atoms with E-state index < -0.39 is 0 Å². The van der Waals surface area contributed by atoms with Crippen molar-refractivity contribution in [3.05, 3.63) is 35.2 Å². The van der Waals surface area contributed by atoms with Crippen LogP contribution in [-0.4, -0.2) is 25.5 Å². The summed E-state index contributed by atoms with van der Waals surface area (Å²) in [5, 5.41) is 0.684. The Morgan fingerprint density at radius 3 is 3.00 bits per heavy atom. The molecule has 0 unspecified atom stereocenters. The van der Waals surface area contributed by atoms with Crippen LogP contribution in [0.15, 0.2) is 24.7 Å². The number of halogens is 1. The van der Waals surface area contributed by atoms with Crippen LogP contribution in [0.2, 0.25) is 5.02 Å². The number of nitrogens with one attached hydrogen (secondary N) is 1. The number of imidazole rings is 1. The first-order chi connectivity index (χ1) is 10.5. The van der Waals surface area contributed by atoms with Gasteiger partial charge >= 0.3 is 0 Å². The van der Waals surface area contributed by atoms with Gasteiger partial charge in [-0.1, -0.05) is 11.6 Å². The molecule has 1 aliphatic rings. The SMILES string of the molecule is CC1(C)CCc2cc(Cl)cc(-c3nc4ncncc4[nH]3)c2O1. The Hall–Kier alpha value is -2.14. The highest BCUT2D eigenvalue weighted by Crippen LogP contribution is 2.41. The highest BCUT2D eigenvalue weighted by molar-refractivity contribution is 6.31. The van der Waals surface area contributed by atoms with Crippen LogP contribution in [0.25, 0.3) is 22.6 Å². The summed E-state index contributed by atoms with van der Waals surface area (Å²) in [4.78, 5) is 15.9. The van der Waals surface area contributed by atoms with E-state index in [-0.39, 0.29) is 5.60 Å². The molecule has 3 heterocycles. The van der Waals surface area contributed by atoms with Crippen molar-refractivity contribution in [1.29, 1.82) is 0 Å². The fourth-order valence-electron chi connectivity index (χ4n) is 2.78. The van der Waals surface area contributed by atoms with Gasteiger partial charge in [0.2, 0.25) is 0 Å². The van der Waals surface area contributed by atoms with Gasteiger partial charge in [-0.15, -0.1) is 0 Å². The van der Waals surface area contributed by atoms with Crippen molar-refractivity contribution in [1.82, 2.24) is 19.9 Å². The van der Waals surface area contributed by atoms with Crippen LogP contribution in [0, 0.1) is 0 Å². The molecular weight excluding hydrogens is 300 g/mol. The van der Waals surface area contributed by atoms with Crippen molar-refractivity contribution < 1.29 is 4.74 Å². The number of benzene rings is 1. The second kappa shape index (κ2) is 4.68. The summed E-state index contributed by atoms with van der Waals surface area (Å²) in [5.41, 5.74) is 3.22. The van der Waals surface area contributed by atoms with Gasteiger partial charge in [0.15, 0.2) is 5.65 Å². The Bertz CT molecular complexity index is 839. The molecule has 0 saturated heterocycles. The molecule has 0 aliphatic carbocycles. The van der Waals surface area contributed by atoms with Crippen LogP contribution in [0.4, 0.5) is 0 Å². The van der Waals surface area contributed by atoms with Crippen LogP contribution in [-0.2, 0) is 6.42 Å². The van der Waals surface area contributed by atoms with Crippen molar-refractivity contribution in [3.63, 3.8) is 0 Å². The summed E-state index contributed by atoms with van der Waals surface area (Å²) in [6, 6.07) is 3.85. The van der Waals surface area contributed by atoms with E-state index in [0.717, 1.165) is 35.2 Å². The molecule has 5 nitrogen and oxygen atoms in total. The van der Waals surface area contributed by atoms with Gasteiger partial charge in [0.05, 0.1) is 11.8 Å². The zero-order valence-electron chi connectivity index (χ0n) is 12.4. The van der Waals surface area contributed by atoms with Gasteiger partial charge < -0.3 is 9.72 Å². The van der Waals surface area contributed by atoms with Crippen molar-refractivity contribution in [2.24, 2.45) is 0 Å². The molecule has 2 aromatic heterocycles. The zero-order valence-corrected chi connectivity index (χ0v) is 13.1. The van der Waals surface area contributed by atoms with E-state index in [1.54, 1.807) is 6.20 Å². The molecule has 0 bridgehead atoms. The highest BCUT2D eigenvalue weighted by atomic mass is 35.5. The van der Waals surface area contributed by atoms with Crippen molar-refractivity contribution in [3.8, 4) is 17.1 Å². The Morgan fingerprint density at radius 1 is 1.32 bits per heavy atom. The largest absolute Gasteiger partial charge is 0.487 e. The number of aryl methyl sites for hydroxylation is 1. The predicted octanol–water partition coefficient (Wildman–Crippen LogP) is 3.78. The fourth-order valence-corrected chi connectivity index (χ4v) is 3.03. The maximum absolute atomic E-state index is 6.28. The molecule has 4 rings (SSSR count). The third-order valence-electron chi connectivity index (χ3n) is 3.92. The van der Waals surface area contributed by atoms with Gasteiger partial charge in [0.1, 0.15) is 29.0 Å². The number of H-pyrrole nitrogens is 1. The maximum Gasteiger partial charge on any atom is 0.181 e. The molecule has 0 radical (unpaired) electrons. The molecule has 6 heteroatoms. The zero-order chi connectivity index (χ0) is 15.3. The normalized spacial score (nSPS) is 16.3. The quantitative estimate of drug-likeness (QED) is 0.742. The average molecular weight is 315 g/mol. The monoisotopic (exact) mass is 314 g/mol. The number of aromatic amines is 1. The molecule has 1 aromatic carbocycles. The topological polar surface area (TPSA) is 63.7 Å². The van der Waals surface area contributed by atoms with Gasteiger partial charge in [-0.2, -0.15) is 0 Å². The van der Waals surface area contributed by atoms with Gasteiger partial charge in [0.25, 0.3) is 0 Å². The third-order valence-corrected chi connectivity index (χ3v) is 4.14. The second-order valence-corrected chi connectivity index (χ2v) is 6.59. The van der Waals surface area contributed by atoms with Crippen molar-refractivity contribution >= 4 is 22.8 Å². The molecule has 0 amide bonds. The van der Waals surface area contributed by atoms with Gasteiger partial charge in [-0.05, 0) is 44.4 Å². The van der Waals surface area contributed by atoms with E-state index in [9.17, 15) is 0 Å². The minimum Gasteiger partial charge on any atom is -0.487 e. The van der Waals surface area contributed by atoms with E-state index in [4.69, 9.17) is 16.3 Å². The number of nitrogens with zero attached hydrogens (tertiary/aromatic N) is 3. The third kappa shape index (κ3) is 2.22. The summed E-state index contributed by atoms with van der Waals surface area (Å²) in [6.45, 7) is 4.19. The van der Waals surface area contributed by atoms with Crippen LogP contribution in [0.1, 0.15) is 25.8 Å². The highest BCUT2D eigenvalue weighted by Gasteiger charge is 2.29. The van der Waals surface area contributed by atoms with E-state index in [1.807, 2.05) is 12.1 Å². The first-order valence-corrected chi connectivity index (χ1v) is 7.57. The Morgan fingerprint density at radius 2 is 2.18 bits per heavy atom. The lowest BCUT2D eigenvalue weighted by Crippen LogP contribution is -2.32. The standard InChI is InChI=1S/C16H15ClN4O/c1-16(2)4-3-9-5-10(17)6-11(13(9)22-16)14-20-12-7-18-8-19-15(12)21-14/h5-8H,3-4H2,1-2H3,(H,18,19,20,21). The molecule has 0 atom stereocenters.